The molecule has 1 aliphatic carbocycles. The number of allylic oxidation sites excluding steroid dienone is 1. The number of hydrazine groups is 1. The highest BCUT2D eigenvalue weighted by Crippen LogP contribution is 2.44. The molecule has 4 N–H and O–H groups in total. The Morgan fingerprint density at radius 2 is 1.57 bits per heavy atom. The molecule has 0 saturated carbocycles. The molecule has 2 aromatic rings. The maximum absolute atomic E-state index is 12.6. The molecule has 0 radical (unpaired) electrons. The van der Waals surface area contributed by atoms with Gasteiger partial charge in [-0.3, -0.25) is 15.0 Å². The van der Waals surface area contributed by atoms with E-state index in [0.717, 1.165) is 28.7 Å². The number of benzene rings is 2. The number of carboxylic acids is 1. The Hall–Kier alpha value is -4.34. The highest BCUT2D eigenvalue weighted by Gasteiger charge is 2.29. The molecule has 10 heteroatoms. The predicted molar refractivity (Wildman–Crippen MR) is 135 cm³/mol. The van der Waals surface area contributed by atoms with Gasteiger partial charge in [0.15, 0.2) is 0 Å². The molecular weight excluding hydrogens is 478 g/mol. The lowest BCUT2D eigenvalue weighted by Gasteiger charge is -2.18. The predicted octanol–water partition coefficient (Wildman–Crippen LogP) is 3.24. The fourth-order valence-corrected chi connectivity index (χ4v) is 4.27. The second-order valence-corrected chi connectivity index (χ2v) is 8.61. The van der Waals surface area contributed by atoms with Crippen LogP contribution in [0.2, 0.25) is 0 Å². The SMILES string of the molecule is C=C(CCCCCC(NC(=O)C(=O)O)C(=O)NNC(=O)OCC1c2ccccc2-c2ccccc21)OC. The molecule has 2 aromatic carbocycles. The van der Waals surface area contributed by atoms with Gasteiger partial charge in [0.05, 0.1) is 12.9 Å². The van der Waals surface area contributed by atoms with Gasteiger partial charge in [0, 0.05) is 12.3 Å². The van der Waals surface area contributed by atoms with E-state index < -0.39 is 29.9 Å². The molecule has 0 aliphatic heterocycles. The summed E-state index contributed by atoms with van der Waals surface area (Å²) < 4.78 is 10.4. The largest absolute Gasteiger partial charge is 0.502 e. The Bertz CT molecular complexity index is 1120. The van der Waals surface area contributed by atoms with Crippen molar-refractivity contribution in [3.05, 3.63) is 72.0 Å². The highest BCUT2D eigenvalue weighted by molar-refractivity contribution is 6.32. The van der Waals surface area contributed by atoms with Gasteiger partial charge in [-0.15, -0.1) is 0 Å². The van der Waals surface area contributed by atoms with Crippen LogP contribution >= 0.6 is 0 Å². The van der Waals surface area contributed by atoms with Crippen LogP contribution in [-0.4, -0.2) is 48.7 Å². The number of fused-ring (bicyclic) bond motifs is 3. The number of rotatable bonds is 11. The van der Waals surface area contributed by atoms with Crippen molar-refractivity contribution in [2.75, 3.05) is 13.7 Å². The smallest absolute Gasteiger partial charge is 0.426 e. The summed E-state index contributed by atoms with van der Waals surface area (Å²) >= 11 is 0. The summed E-state index contributed by atoms with van der Waals surface area (Å²) in [5.41, 5.74) is 8.65. The topological polar surface area (TPSA) is 143 Å². The molecule has 0 fully saturated rings. The number of methoxy groups -OCH3 is 1. The number of carbonyl (C=O) groups excluding carboxylic acids is 3. The van der Waals surface area contributed by atoms with Crippen LogP contribution in [0, 0.1) is 0 Å². The number of hydrogen-bond acceptors (Lipinski definition) is 6. The number of carboxylic acid groups (broad SMARTS) is 1. The van der Waals surface area contributed by atoms with Crippen LogP contribution in [0.3, 0.4) is 0 Å². The number of amides is 3. The van der Waals surface area contributed by atoms with E-state index in [2.05, 4.69) is 22.7 Å². The van der Waals surface area contributed by atoms with Gasteiger partial charge in [0.25, 0.3) is 5.91 Å². The molecule has 0 spiro atoms. The highest BCUT2D eigenvalue weighted by atomic mass is 16.6. The summed E-state index contributed by atoms with van der Waals surface area (Å²) in [5, 5.41) is 11.0. The van der Waals surface area contributed by atoms with E-state index in [9.17, 15) is 19.2 Å². The average Bonchev–Trinajstić information content (AvgIpc) is 3.22. The van der Waals surface area contributed by atoms with Crippen LogP contribution in [0.25, 0.3) is 11.1 Å². The Kier molecular flexibility index (Phi) is 9.65. The number of unbranched alkanes of at least 4 members (excludes halogenated alkanes) is 2. The number of ether oxygens (including phenoxy) is 2. The van der Waals surface area contributed by atoms with Crippen molar-refractivity contribution in [3.63, 3.8) is 0 Å². The van der Waals surface area contributed by atoms with E-state index in [1.54, 1.807) is 0 Å². The Labute approximate surface area is 215 Å². The zero-order valence-corrected chi connectivity index (χ0v) is 20.6. The van der Waals surface area contributed by atoms with Gasteiger partial charge in [-0.2, -0.15) is 0 Å². The lowest BCUT2D eigenvalue weighted by molar-refractivity contribution is -0.151. The first-order chi connectivity index (χ1) is 17.8. The Morgan fingerprint density at radius 1 is 0.946 bits per heavy atom. The second kappa shape index (κ2) is 13.1. The van der Waals surface area contributed by atoms with Crippen LogP contribution in [0.1, 0.15) is 49.1 Å². The summed E-state index contributed by atoms with van der Waals surface area (Å²) in [6.45, 7) is 3.79. The maximum Gasteiger partial charge on any atom is 0.426 e. The Morgan fingerprint density at radius 3 is 2.16 bits per heavy atom. The number of nitrogens with one attached hydrogen (secondary N) is 3. The first-order valence-corrected chi connectivity index (χ1v) is 12.0. The normalized spacial score (nSPS) is 12.5. The molecular formula is C27H31N3O7. The minimum Gasteiger partial charge on any atom is -0.502 e. The summed E-state index contributed by atoms with van der Waals surface area (Å²) in [5.74, 6) is -3.29. The van der Waals surface area contributed by atoms with E-state index >= 15 is 0 Å². The first kappa shape index (κ1) is 27.3. The Balaban J connectivity index is 1.51. The molecule has 0 saturated heterocycles. The fraction of sp³-hybridized carbons (Fsp3) is 0.333. The first-order valence-electron chi connectivity index (χ1n) is 12.0. The third-order valence-corrected chi connectivity index (χ3v) is 6.18. The standard InChI is InChI=1S/C27H31N3O7/c1-17(36-2)10-4-3-5-15-23(28-25(32)26(33)34)24(31)29-30-27(35)37-16-22-20-13-8-6-11-18(20)19-12-7-9-14-21(19)22/h6-9,11-14,22-23H,1,3-5,10,15-16H2,2H3,(H,28,32)(H,29,31)(H,30,35)(H,33,34). The quantitative estimate of drug-likeness (QED) is 0.158. The second-order valence-electron chi connectivity index (χ2n) is 8.61. The molecule has 37 heavy (non-hydrogen) atoms. The minimum absolute atomic E-state index is 0.0572. The molecule has 0 heterocycles. The van der Waals surface area contributed by atoms with Crippen LogP contribution in [0.4, 0.5) is 4.79 Å². The van der Waals surface area contributed by atoms with Crippen LogP contribution < -0.4 is 16.2 Å². The summed E-state index contributed by atoms with van der Waals surface area (Å²) in [7, 11) is 1.54. The molecule has 0 aromatic heterocycles. The lowest BCUT2D eigenvalue weighted by Crippen LogP contribution is -2.53. The van der Waals surface area contributed by atoms with Gasteiger partial charge < -0.3 is 19.9 Å². The van der Waals surface area contributed by atoms with E-state index in [1.807, 2.05) is 48.5 Å². The molecule has 1 atom stereocenters. The fourth-order valence-electron chi connectivity index (χ4n) is 4.27. The van der Waals surface area contributed by atoms with Crippen molar-refractivity contribution in [3.8, 4) is 11.1 Å². The van der Waals surface area contributed by atoms with Gasteiger partial charge in [-0.25, -0.2) is 15.0 Å². The molecule has 10 nitrogen and oxygen atoms in total. The summed E-state index contributed by atoms with van der Waals surface area (Å²) in [6, 6.07) is 14.6. The van der Waals surface area contributed by atoms with Gasteiger partial charge >= 0.3 is 18.0 Å². The van der Waals surface area contributed by atoms with Crippen molar-refractivity contribution in [2.24, 2.45) is 0 Å². The number of aliphatic carboxylic acids is 1. The summed E-state index contributed by atoms with van der Waals surface area (Å²) in [4.78, 5) is 47.5. The number of carbonyl (C=O) groups is 4. The van der Waals surface area contributed by atoms with Gasteiger partial charge in [-0.05, 0) is 35.1 Å². The molecule has 3 amide bonds. The van der Waals surface area contributed by atoms with E-state index in [1.165, 1.54) is 7.11 Å². The monoisotopic (exact) mass is 509 g/mol. The molecule has 1 aliphatic rings. The van der Waals surface area contributed by atoms with Crippen molar-refractivity contribution < 1.29 is 33.8 Å². The molecule has 196 valence electrons. The van der Waals surface area contributed by atoms with E-state index in [-0.39, 0.29) is 18.9 Å². The molecule has 1 unspecified atom stereocenters. The third-order valence-electron chi connectivity index (χ3n) is 6.18. The molecule has 3 rings (SSSR count). The molecule has 0 bridgehead atoms. The van der Waals surface area contributed by atoms with Crippen LogP contribution in [0.15, 0.2) is 60.9 Å². The average molecular weight is 510 g/mol. The van der Waals surface area contributed by atoms with Crippen LogP contribution in [0.5, 0.6) is 0 Å². The number of hydrogen-bond donors (Lipinski definition) is 4. The van der Waals surface area contributed by atoms with E-state index in [0.29, 0.717) is 25.0 Å². The van der Waals surface area contributed by atoms with Gasteiger partial charge in [-0.1, -0.05) is 68.0 Å². The van der Waals surface area contributed by atoms with Crippen molar-refractivity contribution in [1.29, 1.82) is 0 Å². The van der Waals surface area contributed by atoms with Crippen molar-refractivity contribution in [2.45, 2.75) is 44.1 Å². The van der Waals surface area contributed by atoms with Crippen molar-refractivity contribution in [1.82, 2.24) is 16.2 Å². The minimum atomic E-state index is -1.71. The zero-order valence-electron chi connectivity index (χ0n) is 20.6. The zero-order chi connectivity index (χ0) is 26.8. The lowest BCUT2D eigenvalue weighted by atomic mass is 9.98. The van der Waals surface area contributed by atoms with Crippen LogP contribution in [-0.2, 0) is 23.9 Å². The van der Waals surface area contributed by atoms with Gasteiger partial charge in [0.2, 0.25) is 0 Å². The third kappa shape index (κ3) is 7.33. The van der Waals surface area contributed by atoms with E-state index in [4.69, 9.17) is 14.6 Å². The maximum atomic E-state index is 12.6. The van der Waals surface area contributed by atoms with Crippen molar-refractivity contribution >= 4 is 23.9 Å². The summed E-state index contributed by atoms with van der Waals surface area (Å²) in [6.07, 6.45) is 1.94. The van der Waals surface area contributed by atoms with Gasteiger partial charge in [0.1, 0.15) is 12.6 Å².